The summed E-state index contributed by atoms with van der Waals surface area (Å²) in [5.41, 5.74) is 9.65. The molecule has 1 aromatic carbocycles. The predicted octanol–water partition coefficient (Wildman–Crippen LogP) is 1.76. The van der Waals surface area contributed by atoms with Gasteiger partial charge in [-0.15, -0.1) is 0 Å². The summed E-state index contributed by atoms with van der Waals surface area (Å²) < 4.78 is 24.8. The third kappa shape index (κ3) is 4.58. The summed E-state index contributed by atoms with van der Waals surface area (Å²) >= 11 is 0. The van der Waals surface area contributed by atoms with Crippen molar-refractivity contribution in [3.63, 3.8) is 0 Å². The molecule has 9 nitrogen and oxygen atoms in total. The van der Waals surface area contributed by atoms with Crippen LogP contribution in [0.5, 0.6) is 11.5 Å². The summed E-state index contributed by atoms with van der Waals surface area (Å²) in [5.74, 6) is -1.78. The molecule has 0 aliphatic heterocycles. The molecule has 0 saturated carbocycles. The number of rotatable bonds is 8. The number of primary amides is 2. The highest BCUT2D eigenvalue weighted by Gasteiger charge is 2.27. The number of pyridine rings is 1. The van der Waals surface area contributed by atoms with Crippen LogP contribution < -0.4 is 31.6 Å². The zero-order valence-electron chi connectivity index (χ0n) is 15.9. The van der Waals surface area contributed by atoms with Gasteiger partial charge in [-0.2, -0.15) is 0 Å². The molecule has 0 atom stereocenters. The number of hydrogen-bond donors (Lipinski definition) is 4. The van der Waals surface area contributed by atoms with Crippen molar-refractivity contribution in [2.75, 3.05) is 24.9 Å². The van der Waals surface area contributed by atoms with Crippen LogP contribution in [0.1, 0.15) is 24.2 Å². The van der Waals surface area contributed by atoms with Crippen LogP contribution >= 0.6 is 0 Å². The lowest BCUT2D eigenvalue weighted by molar-refractivity contribution is -0.121. The van der Waals surface area contributed by atoms with E-state index in [4.69, 9.17) is 20.9 Å². The summed E-state index contributed by atoms with van der Waals surface area (Å²) in [5, 5.41) is 5.51. The molecule has 2 amide bonds. The van der Waals surface area contributed by atoms with Gasteiger partial charge >= 0.3 is 0 Å². The fraction of sp³-hybridized carbons (Fsp3) is 0.278. The van der Waals surface area contributed by atoms with E-state index in [9.17, 15) is 14.0 Å². The molecular formula is C18H22FN5O4. The monoisotopic (exact) mass is 391 g/mol. The van der Waals surface area contributed by atoms with Crippen molar-refractivity contribution < 1.29 is 23.5 Å². The molecule has 0 spiro atoms. The number of methoxy groups -OCH3 is 2. The van der Waals surface area contributed by atoms with Crippen LogP contribution in [0.4, 0.5) is 21.7 Å². The van der Waals surface area contributed by atoms with Crippen molar-refractivity contribution >= 4 is 29.1 Å². The summed E-state index contributed by atoms with van der Waals surface area (Å²) in [6.45, 7) is 2.94. The Morgan fingerprint density at radius 3 is 2.07 bits per heavy atom. The Bertz CT molecular complexity index is 895. The predicted molar refractivity (Wildman–Crippen MR) is 102 cm³/mol. The minimum absolute atomic E-state index is 0.0213. The highest BCUT2D eigenvalue weighted by molar-refractivity contribution is 5.98. The Balaban J connectivity index is 2.51. The maximum atomic E-state index is 14.4. The zero-order chi connectivity index (χ0) is 21.1. The number of carbonyl (C=O) groups excluding carboxylic acids is 2. The number of ether oxygens (including phenoxy) is 2. The number of nitrogens with zero attached hydrogens (tertiary/aromatic N) is 1. The molecule has 28 heavy (non-hydrogen) atoms. The van der Waals surface area contributed by atoms with Gasteiger partial charge in [-0.05, 0) is 19.9 Å². The number of benzene rings is 1. The van der Waals surface area contributed by atoms with E-state index in [2.05, 4.69) is 15.6 Å². The first-order valence-corrected chi connectivity index (χ1v) is 8.16. The van der Waals surface area contributed by atoms with Crippen molar-refractivity contribution in [3.05, 3.63) is 35.6 Å². The Morgan fingerprint density at radius 2 is 1.61 bits per heavy atom. The first kappa shape index (κ1) is 20.7. The molecule has 1 heterocycles. The lowest BCUT2D eigenvalue weighted by atomic mass is 10.1. The van der Waals surface area contributed by atoms with Crippen molar-refractivity contribution in [1.29, 1.82) is 0 Å². The SMILES string of the molecule is COc1cc(Nc2nc(NC(C)(C)C(N)=O)c(F)cc2C(N)=O)cc(OC)c1. The van der Waals surface area contributed by atoms with Crippen molar-refractivity contribution in [1.82, 2.24) is 4.98 Å². The van der Waals surface area contributed by atoms with Gasteiger partial charge in [-0.3, -0.25) is 9.59 Å². The van der Waals surface area contributed by atoms with E-state index in [0.717, 1.165) is 6.07 Å². The smallest absolute Gasteiger partial charge is 0.252 e. The molecule has 0 fully saturated rings. The Morgan fingerprint density at radius 1 is 1.04 bits per heavy atom. The van der Waals surface area contributed by atoms with Crippen molar-refractivity contribution in [2.24, 2.45) is 11.5 Å². The van der Waals surface area contributed by atoms with E-state index < -0.39 is 23.2 Å². The van der Waals surface area contributed by atoms with Gasteiger partial charge in [0.1, 0.15) is 22.9 Å². The molecule has 2 aromatic rings. The lowest BCUT2D eigenvalue weighted by Gasteiger charge is -2.24. The summed E-state index contributed by atoms with van der Waals surface area (Å²) in [7, 11) is 2.97. The first-order valence-electron chi connectivity index (χ1n) is 8.16. The second-order valence-electron chi connectivity index (χ2n) is 6.42. The van der Waals surface area contributed by atoms with Crippen LogP contribution in [0.3, 0.4) is 0 Å². The minimum atomic E-state index is -1.28. The molecule has 0 aliphatic carbocycles. The molecule has 0 saturated heterocycles. The molecule has 150 valence electrons. The summed E-state index contributed by atoms with van der Waals surface area (Å²) in [6.07, 6.45) is 0. The standard InChI is InChI=1S/C18H22FN5O4/c1-18(2,17(21)26)24-16-13(19)8-12(14(20)25)15(23-16)22-9-5-10(27-3)7-11(6-9)28-4/h5-8H,1-4H3,(H2,20,25)(H2,21,26)(H2,22,23,24). The number of amides is 2. The normalized spacial score (nSPS) is 10.9. The molecule has 1 aromatic heterocycles. The molecule has 0 unspecified atom stereocenters. The minimum Gasteiger partial charge on any atom is -0.497 e. The van der Waals surface area contributed by atoms with Crippen molar-refractivity contribution in [2.45, 2.75) is 19.4 Å². The lowest BCUT2D eigenvalue weighted by Crippen LogP contribution is -2.45. The van der Waals surface area contributed by atoms with E-state index in [-0.39, 0.29) is 17.2 Å². The molecule has 0 radical (unpaired) electrons. The number of nitrogens with one attached hydrogen (secondary N) is 2. The highest BCUT2D eigenvalue weighted by Crippen LogP contribution is 2.30. The topological polar surface area (TPSA) is 142 Å². The maximum Gasteiger partial charge on any atom is 0.252 e. The number of anilines is 3. The van der Waals surface area contributed by atoms with Gasteiger partial charge in [-0.1, -0.05) is 0 Å². The number of nitrogens with two attached hydrogens (primary N) is 2. The summed E-state index contributed by atoms with van der Waals surface area (Å²) in [6, 6.07) is 5.83. The van der Waals surface area contributed by atoms with Crippen LogP contribution in [0, 0.1) is 5.82 Å². The van der Waals surface area contributed by atoms with Crippen LogP contribution in [0.15, 0.2) is 24.3 Å². The van der Waals surface area contributed by atoms with Crippen molar-refractivity contribution in [3.8, 4) is 11.5 Å². The zero-order valence-corrected chi connectivity index (χ0v) is 15.9. The average Bonchev–Trinajstić information content (AvgIpc) is 2.63. The third-order valence-corrected chi connectivity index (χ3v) is 3.90. The maximum absolute atomic E-state index is 14.4. The number of carbonyl (C=O) groups is 2. The van der Waals surface area contributed by atoms with Crippen LogP contribution in [0.2, 0.25) is 0 Å². The fourth-order valence-electron chi connectivity index (χ4n) is 2.23. The van der Waals surface area contributed by atoms with Gasteiger partial charge in [0, 0.05) is 23.9 Å². The second kappa shape index (κ2) is 7.99. The summed E-state index contributed by atoms with van der Waals surface area (Å²) in [4.78, 5) is 27.3. The molecule has 0 bridgehead atoms. The van der Waals surface area contributed by atoms with Gasteiger partial charge in [0.05, 0.1) is 19.8 Å². The van der Waals surface area contributed by atoms with Gasteiger partial charge in [0.25, 0.3) is 5.91 Å². The largest absolute Gasteiger partial charge is 0.497 e. The van der Waals surface area contributed by atoms with E-state index in [1.807, 2.05) is 0 Å². The van der Waals surface area contributed by atoms with Gasteiger partial charge in [-0.25, -0.2) is 9.37 Å². The van der Waals surface area contributed by atoms with E-state index in [0.29, 0.717) is 17.2 Å². The van der Waals surface area contributed by atoms with Crippen LogP contribution in [-0.4, -0.2) is 36.6 Å². The molecule has 6 N–H and O–H groups in total. The van der Waals surface area contributed by atoms with E-state index in [1.54, 1.807) is 18.2 Å². The molecular weight excluding hydrogens is 369 g/mol. The number of aromatic nitrogens is 1. The van der Waals surface area contributed by atoms with Gasteiger partial charge < -0.3 is 31.6 Å². The quantitative estimate of drug-likeness (QED) is 0.537. The van der Waals surface area contributed by atoms with E-state index >= 15 is 0 Å². The molecule has 10 heteroatoms. The average molecular weight is 391 g/mol. The van der Waals surface area contributed by atoms with Crippen LogP contribution in [0.25, 0.3) is 0 Å². The van der Waals surface area contributed by atoms with Gasteiger partial charge in [0.15, 0.2) is 11.6 Å². The van der Waals surface area contributed by atoms with Crippen LogP contribution in [-0.2, 0) is 4.79 Å². The fourth-order valence-corrected chi connectivity index (χ4v) is 2.23. The Kier molecular flexibility index (Phi) is 5.92. The Labute approximate surface area is 161 Å². The first-order chi connectivity index (χ1) is 13.1. The van der Waals surface area contributed by atoms with Gasteiger partial charge in [0.2, 0.25) is 5.91 Å². The number of hydrogen-bond acceptors (Lipinski definition) is 7. The highest BCUT2D eigenvalue weighted by atomic mass is 19.1. The molecule has 0 aliphatic rings. The van der Waals surface area contributed by atoms with E-state index in [1.165, 1.54) is 28.1 Å². The molecule has 2 rings (SSSR count). The Hall–Kier alpha value is -3.56. The third-order valence-electron chi connectivity index (χ3n) is 3.90. The number of halogens is 1. The second-order valence-corrected chi connectivity index (χ2v) is 6.42.